The Morgan fingerprint density at radius 2 is 1.27 bits per heavy atom. The molecular weight excluding hydrogens is 593 g/mol. The van der Waals surface area contributed by atoms with Crippen molar-refractivity contribution >= 4 is 28.8 Å². The van der Waals surface area contributed by atoms with Crippen molar-refractivity contribution in [1.82, 2.24) is 0 Å². The van der Waals surface area contributed by atoms with Gasteiger partial charge in [-0.05, 0) is 108 Å². The molecule has 0 radical (unpaired) electrons. The average molecular weight is 637 g/mol. The third-order valence-electron chi connectivity index (χ3n) is 10.6. The van der Waals surface area contributed by atoms with E-state index in [0.29, 0.717) is 12.0 Å². The van der Waals surface area contributed by atoms with Gasteiger partial charge < -0.3 is 9.80 Å². The second-order valence-corrected chi connectivity index (χ2v) is 14.1. The molecule has 0 saturated carbocycles. The highest BCUT2D eigenvalue weighted by Crippen LogP contribution is 2.50. The molecule has 2 unspecified atom stereocenters. The topological polar surface area (TPSA) is 6.48 Å². The molecule has 2 heteroatoms. The first-order valence-electron chi connectivity index (χ1n) is 17.8. The maximum atomic E-state index is 2.50. The van der Waals surface area contributed by atoms with Crippen LogP contribution in [0.15, 0.2) is 170 Å². The van der Waals surface area contributed by atoms with Crippen molar-refractivity contribution in [3.8, 4) is 11.1 Å². The standard InChI is InChI=1S/C47H44N2/c1-47(2)45-33-36(24-23-35-25-28-41(29-26-35)48(37-15-7-3-8-16-37)38-17-9-4-10-18-38)27-31-43(45)44-32-30-42(34-46(44)47)49(39-19-11-5-12-20-39)40-21-13-6-14-22-40/h3-21,23-24,27-28,30-35,40H,22,25-26,29H2,1-2H3/b24-23+. The van der Waals surface area contributed by atoms with Crippen molar-refractivity contribution in [3.63, 3.8) is 0 Å². The van der Waals surface area contributed by atoms with Crippen molar-refractivity contribution < 1.29 is 0 Å². The number of hydrogen-bond donors (Lipinski definition) is 0. The van der Waals surface area contributed by atoms with Crippen LogP contribution in [0.2, 0.25) is 0 Å². The van der Waals surface area contributed by atoms with Gasteiger partial charge in [-0.2, -0.15) is 0 Å². The molecule has 3 aliphatic carbocycles. The Morgan fingerprint density at radius 3 is 1.88 bits per heavy atom. The molecule has 0 aromatic heterocycles. The zero-order valence-corrected chi connectivity index (χ0v) is 28.5. The summed E-state index contributed by atoms with van der Waals surface area (Å²) >= 11 is 0. The maximum absolute atomic E-state index is 2.50. The fraction of sp³-hybridized carbons (Fsp3) is 0.191. The summed E-state index contributed by atoms with van der Waals surface area (Å²) in [6.07, 6.45) is 20.4. The van der Waals surface area contributed by atoms with Crippen molar-refractivity contribution in [2.75, 3.05) is 9.80 Å². The summed E-state index contributed by atoms with van der Waals surface area (Å²) in [6, 6.07) is 46.8. The minimum Gasteiger partial charge on any atom is -0.334 e. The summed E-state index contributed by atoms with van der Waals surface area (Å²) in [5, 5.41) is 0. The van der Waals surface area contributed by atoms with Crippen LogP contribution in [0.1, 0.15) is 56.2 Å². The van der Waals surface area contributed by atoms with E-state index in [1.165, 1.54) is 56.3 Å². The number of para-hydroxylation sites is 3. The van der Waals surface area contributed by atoms with Gasteiger partial charge >= 0.3 is 0 Å². The highest BCUT2D eigenvalue weighted by atomic mass is 15.2. The first-order valence-corrected chi connectivity index (χ1v) is 17.8. The lowest BCUT2D eigenvalue weighted by Gasteiger charge is -2.33. The number of benzene rings is 5. The zero-order valence-electron chi connectivity index (χ0n) is 28.5. The van der Waals surface area contributed by atoms with E-state index in [-0.39, 0.29) is 5.41 Å². The molecule has 242 valence electrons. The van der Waals surface area contributed by atoms with Gasteiger partial charge in [0.1, 0.15) is 0 Å². The fourth-order valence-corrected chi connectivity index (χ4v) is 7.98. The molecule has 2 nitrogen and oxygen atoms in total. The van der Waals surface area contributed by atoms with Crippen molar-refractivity contribution in [1.29, 1.82) is 0 Å². The van der Waals surface area contributed by atoms with Crippen LogP contribution in [0.25, 0.3) is 17.2 Å². The third kappa shape index (κ3) is 6.08. The van der Waals surface area contributed by atoms with E-state index < -0.39 is 0 Å². The Morgan fingerprint density at radius 1 is 0.633 bits per heavy atom. The van der Waals surface area contributed by atoms with Crippen LogP contribution in [0.4, 0.5) is 22.7 Å². The van der Waals surface area contributed by atoms with E-state index in [1.807, 2.05) is 0 Å². The van der Waals surface area contributed by atoms with E-state index in [1.54, 1.807) is 0 Å². The van der Waals surface area contributed by atoms with Gasteiger partial charge in [-0.15, -0.1) is 0 Å². The summed E-state index contributed by atoms with van der Waals surface area (Å²) in [5.74, 6) is 0.533. The van der Waals surface area contributed by atoms with Gasteiger partial charge in [0.2, 0.25) is 0 Å². The van der Waals surface area contributed by atoms with Gasteiger partial charge in [-0.1, -0.05) is 135 Å². The predicted octanol–water partition coefficient (Wildman–Crippen LogP) is 12.6. The van der Waals surface area contributed by atoms with E-state index in [0.717, 1.165) is 25.7 Å². The van der Waals surface area contributed by atoms with Gasteiger partial charge in [0.25, 0.3) is 0 Å². The van der Waals surface area contributed by atoms with E-state index >= 15 is 0 Å². The minimum absolute atomic E-state index is 0.0873. The lowest BCUT2D eigenvalue weighted by molar-refractivity contribution is 0.564. The first-order chi connectivity index (χ1) is 24.1. The molecule has 0 aliphatic heterocycles. The SMILES string of the molecule is CC1(C)c2cc(/C=C/C3CC=C(N(c4ccccc4)c4ccccc4)CC3)ccc2-c2ccc(N(c3ccccc3)C3C=CC=CC3)cc21. The lowest BCUT2D eigenvalue weighted by Crippen LogP contribution is -2.30. The number of allylic oxidation sites excluding steroid dienone is 5. The van der Waals surface area contributed by atoms with Crippen molar-refractivity contribution in [2.24, 2.45) is 5.92 Å². The maximum Gasteiger partial charge on any atom is 0.0559 e. The molecule has 0 N–H and O–H groups in total. The summed E-state index contributed by atoms with van der Waals surface area (Å²) in [6.45, 7) is 4.79. The molecule has 0 spiro atoms. The van der Waals surface area contributed by atoms with Crippen molar-refractivity contribution in [3.05, 3.63) is 186 Å². The van der Waals surface area contributed by atoms with Crippen LogP contribution >= 0.6 is 0 Å². The van der Waals surface area contributed by atoms with E-state index in [4.69, 9.17) is 0 Å². The van der Waals surface area contributed by atoms with Gasteiger partial charge in [-0.3, -0.25) is 0 Å². The first kappa shape index (κ1) is 31.0. The highest BCUT2D eigenvalue weighted by Gasteiger charge is 2.36. The number of rotatable bonds is 8. The van der Waals surface area contributed by atoms with E-state index in [2.05, 4.69) is 194 Å². The summed E-state index contributed by atoms with van der Waals surface area (Å²) in [7, 11) is 0. The molecule has 0 amide bonds. The predicted molar refractivity (Wildman–Crippen MR) is 209 cm³/mol. The van der Waals surface area contributed by atoms with Gasteiger partial charge in [0.15, 0.2) is 0 Å². The van der Waals surface area contributed by atoms with Gasteiger partial charge in [-0.25, -0.2) is 0 Å². The Labute approximate surface area is 292 Å². The van der Waals surface area contributed by atoms with Crippen LogP contribution in [0.5, 0.6) is 0 Å². The molecule has 0 saturated heterocycles. The molecule has 0 bridgehead atoms. The van der Waals surface area contributed by atoms with E-state index in [9.17, 15) is 0 Å². The molecule has 5 aromatic rings. The van der Waals surface area contributed by atoms with Crippen LogP contribution in [0.3, 0.4) is 0 Å². The molecule has 0 heterocycles. The Hall–Kier alpha value is -5.34. The van der Waals surface area contributed by atoms with Crippen LogP contribution in [-0.4, -0.2) is 6.04 Å². The quantitative estimate of drug-likeness (QED) is 0.167. The number of fused-ring (bicyclic) bond motifs is 3. The number of anilines is 4. The summed E-state index contributed by atoms with van der Waals surface area (Å²) < 4.78 is 0. The lowest BCUT2D eigenvalue weighted by atomic mass is 9.81. The number of nitrogens with zero attached hydrogens (tertiary/aromatic N) is 2. The van der Waals surface area contributed by atoms with Gasteiger partial charge in [0, 0.05) is 33.9 Å². The molecular formula is C47H44N2. The molecule has 5 aromatic carbocycles. The number of hydrogen-bond acceptors (Lipinski definition) is 2. The Balaban J connectivity index is 1.03. The zero-order chi connectivity index (χ0) is 33.2. The third-order valence-corrected chi connectivity index (χ3v) is 10.6. The molecule has 0 fully saturated rings. The molecule has 2 atom stereocenters. The fourth-order valence-electron chi connectivity index (χ4n) is 7.98. The van der Waals surface area contributed by atoms with Crippen LogP contribution < -0.4 is 9.80 Å². The molecule has 49 heavy (non-hydrogen) atoms. The minimum atomic E-state index is -0.0873. The largest absolute Gasteiger partial charge is 0.334 e. The Kier molecular flexibility index (Phi) is 8.39. The second kappa shape index (κ2) is 13.3. The molecule has 8 rings (SSSR count). The van der Waals surface area contributed by atoms with Crippen molar-refractivity contribution in [2.45, 2.75) is 51.0 Å². The summed E-state index contributed by atoms with van der Waals surface area (Å²) in [5.41, 5.74) is 13.1. The Bertz CT molecular complexity index is 2010. The van der Waals surface area contributed by atoms with Gasteiger partial charge in [0.05, 0.1) is 6.04 Å². The highest BCUT2D eigenvalue weighted by molar-refractivity contribution is 5.84. The summed E-state index contributed by atoms with van der Waals surface area (Å²) in [4.78, 5) is 4.92. The molecule has 3 aliphatic rings. The monoisotopic (exact) mass is 636 g/mol. The average Bonchev–Trinajstić information content (AvgIpc) is 3.38. The van der Waals surface area contributed by atoms with Crippen LogP contribution in [-0.2, 0) is 5.41 Å². The normalized spacial score (nSPS) is 18.9. The smallest absolute Gasteiger partial charge is 0.0559 e. The second-order valence-electron chi connectivity index (χ2n) is 14.1. The van der Waals surface area contributed by atoms with Crippen LogP contribution in [0, 0.1) is 5.92 Å².